The summed E-state index contributed by atoms with van der Waals surface area (Å²) in [5.41, 5.74) is 1.70. The molecule has 10 heteroatoms. The van der Waals surface area contributed by atoms with Gasteiger partial charge in [-0.2, -0.15) is 5.26 Å². The minimum absolute atomic E-state index is 0.107. The molecular weight excluding hydrogens is 537 g/mol. The summed E-state index contributed by atoms with van der Waals surface area (Å²) in [4.78, 5) is 24.9. The molecule has 0 heterocycles. The smallest absolute Gasteiger partial charge is 0.262 e. The lowest BCUT2D eigenvalue weighted by atomic mass is 10.1. The number of ether oxygens (including phenoxy) is 2. The van der Waals surface area contributed by atoms with E-state index in [1.165, 1.54) is 18.2 Å². The van der Waals surface area contributed by atoms with Crippen molar-refractivity contribution in [2.75, 3.05) is 18.5 Å². The third-order valence-corrected chi connectivity index (χ3v) is 5.87. The van der Waals surface area contributed by atoms with Gasteiger partial charge in [0.2, 0.25) is 0 Å². The average molecular weight is 559 g/mol. The van der Waals surface area contributed by atoms with E-state index in [4.69, 9.17) is 44.3 Å². The summed E-state index contributed by atoms with van der Waals surface area (Å²) in [7, 11) is 0. The van der Waals surface area contributed by atoms with Gasteiger partial charge in [-0.3, -0.25) is 9.59 Å². The maximum atomic E-state index is 12.5. The first kappa shape index (κ1) is 27.9. The topological polar surface area (TPSA) is 100 Å². The molecule has 2 amide bonds. The van der Waals surface area contributed by atoms with Crippen LogP contribution in [0.4, 0.5) is 5.69 Å². The van der Waals surface area contributed by atoms with E-state index in [2.05, 4.69) is 10.6 Å². The zero-order chi connectivity index (χ0) is 26.8. The molecule has 0 saturated heterocycles. The Labute approximate surface area is 229 Å². The summed E-state index contributed by atoms with van der Waals surface area (Å²) < 4.78 is 11.3. The van der Waals surface area contributed by atoms with Crippen molar-refractivity contribution in [1.82, 2.24) is 5.32 Å². The zero-order valence-corrected chi connectivity index (χ0v) is 22.0. The lowest BCUT2D eigenvalue weighted by Crippen LogP contribution is -2.23. The van der Waals surface area contributed by atoms with E-state index in [0.29, 0.717) is 21.3 Å². The van der Waals surface area contributed by atoms with E-state index < -0.39 is 11.8 Å². The van der Waals surface area contributed by atoms with Crippen molar-refractivity contribution in [2.24, 2.45) is 0 Å². The summed E-state index contributed by atoms with van der Waals surface area (Å²) >= 11 is 18.3. The van der Waals surface area contributed by atoms with Crippen LogP contribution in [0.2, 0.25) is 15.1 Å². The van der Waals surface area contributed by atoms with Gasteiger partial charge in [-0.15, -0.1) is 0 Å². The molecule has 0 atom stereocenters. The highest BCUT2D eigenvalue weighted by Gasteiger charge is 2.16. The third-order valence-electron chi connectivity index (χ3n) is 4.85. The molecule has 0 aliphatic carbocycles. The van der Waals surface area contributed by atoms with Crippen molar-refractivity contribution >= 4 is 58.4 Å². The summed E-state index contributed by atoms with van der Waals surface area (Å²) in [6.45, 7) is 1.98. The predicted octanol–water partition coefficient (Wildman–Crippen LogP) is 6.29. The Bertz CT molecular complexity index is 1350. The van der Waals surface area contributed by atoms with Crippen LogP contribution in [0.5, 0.6) is 11.5 Å². The van der Waals surface area contributed by atoms with Crippen LogP contribution < -0.4 is 20.1 Å². The van der Waals surface area contributed by atoms with Crippen LogP contribution in [0.15, 0.2) is 66.2 Å². The van der Waals surface area contributed by atoms with Gasteiger partial charge in [0.15, 0.2) is 18.1 Å². The molecule has 0 aromatic heterocycles. The fourth-order valence-corrected chi connectivity index (χ4v) is 3.74. The lowest BCUT2D eigenvalue weighted by molar-refractivity contribution is -0.118. The molecule has 190 valence electrons. The molecule has 0 spiro atoms. The maximum absolute atomic E-state index is 12.5. The average Bonchev–Trinajstić information content (AvgIpc) is 2.88. The number of anilines is 1. The van der Waals surface area contributed by atoms with Crippen molar-refractivity contribution < 1.29 is 19.1 Å². The first-order valence-corrected chi connectivity index (χ1v) is 12.2. The van der Waals surface area contributed by atoms with E-state index >= 15 is 0 Å². The molecule has 0 aliphatic heterocycles. The molecule has 0 unspecified atom stereocenters. The van der Waals surface area contributed by atoms with Crippen LogP contribution in [-0.4, -0.2) is 25.0 Å². The third kappa shape index (κ3) is 8.16. The second-order valence-electron chi connectivity index (χ2n) is 7.57. The van der Waals surface area contributed by atoms with Crippen molar-refractivity contribution in [2.45, 2.75) is 13.5 Å². The van der Waals surface area contributed by atoms with Crippen molar-refractivity contribution in [3.8, 4) is 17.6 Å². The van der Waals surface area contributed by atoms with Crippen LogP contribution in [0.1, 0.15) is 18.1 Å². The van der Waals surface area contributed by atoms with Crippen molar-refractivity contribution in [3.63, 3.8) is 0 Å². The van der Waals surface area contributed by atoms with Crippen molar-refractivity contribution in [1.29, 1.82) is 5.26 Å². The maximum Gasteiger partial charge on any atom is 0.262 e. The van der Waals surface area contributed by atoms with Gasteiger partial charge >= 0.3 is 0 Å². The first-order chi connectivity index (χ1) is 17.8. The second kappa shape index (κ2) is 13.6. The Hall–Kier alpha value is -3.70. The summed E-state index contributed by atoms with van der Waals surface area (Å²) in [6, 6.07) is 19.0. The number of benzene rings is 3. The Kier molecular flexibility index (Phi) is 10.2. The largest absolute Gasteiger partial charge is 0.490 e. The Morgan fingerprint density at radius 3 is 2.41 bits per heavy atom. The van der Waals surface area contributed by atoms with Gasteiger partial charge in [0.1, 0.15) is 11.6 Å². The Balaban J connectivity index is 1.72. The SMILES string of the molecule is CCOc1cc(/C=C(\C#N)C(=O)NCc2ccccc2)cc(Cl)c1OCC(=O)Nc1ccc(Cl)c(Cl)c1. The molecule has 0 bridgehead atoms. The van der Waals surface area contributed by atoms with Gasteiger partial charge < -0.3 is 20.1 Å². The van der Waals surface area contributed by atoms with Crippen LogP contribution >= 0.6 is 34.8 Å². The number of rotatable bonds is 10. The number of carbonyl (C=O) groups is 2. The van der Waals surface area contributed by atoms with Gasteiger partial charge in [0.05, 0.1) is 21.7 Å². The summed E-state index contributed by atoms with van der Waals surface area (Å²) in [6.07, 6.45) is 1.40. The van der Waals surface area contributed by atoms with E-state index in [1.54, 1.807) is 25.1 Å². The number of nitrogens with zero attached hydrogens (tertiary/aromatic N) is 1. The van der Waals surface area contributed by atoms with Crippen LogP contribution in [0.25, 0.3) is 6.08 Å². The number of hydrogen-bond acceptors (Lipinski definition) is 5. The van der Waals surface area contributed by atoms with Gasteiger partial charge in [-0.1, -0.05) is 65.1 Å². The first-order valence-electron chi connectivity index (χ1n) is 11.1. The van der Waals surface area contributed by atoms with Crippen molar-refractivity contribution in [3.05, 3.63) is 92.4 Å². The fraction of sp³-hybridized carbons (Fsp3) is 0.148. The Morgan fingerprint density at radius 1 is 0.973 bits per heavy atom. The van der Waals surface area contributed by atoms with E-state index in [9.17, 15) is 14.9 Å². The highest BCUT2D eigenvalue weighted by molar-refractivity contribution is 6.42. The van der Waals surface area contributed by atoms with Gasteiger partial charge in [-0.05, 0) is 54.5 Å². The molecule has 0 radical (unpaired) electrons. The fourth-order valence-electron chi connectivity index (χ4n) is 3.17. The highest BCUT2D eigenvalue weighted by atomic mass is 35.5. The van der Waals surface area contributed by atoms with Crippen LogP contribution in [0.3, 0.4) is 0 Å². The molecule has 0 fully saturated rings. The van der Waals surface area contributed by atoms with Gasteiger partial charge in [0.25, 0.3) is 11.8 Å². The van der Waals surface area contributed by atoms with Gasteiger partial charge in [0, 0.05) is 12.2 Å². The zero-order valence-electron chi connectivity index (χ0n) is 19.7. The van der Waals surface area contributed by atoms with E-state index in [-0.39, 0.29) is 41.9 Å². The van der Waals surface area contributed by atoms with Crippen LogP contribution in [0, 0.1) is 11.3 Å². The predicted molar refractivity (Wildman–Crippen MR) is 145 cm³/mol. The molecule has 7 nitrogen and oxygen atoms in total. The normalized spacial score (nSPS) is 10.8. The molecule has 3 aromatic rings. The number of nitrogens with one attached hydrogen (secondary N) is 2. The van der Waals surface area contributed by atoms with E-state index in [0.717, 1.165) is 5.56 Å². The standard InChI is InChI=1S/C27H22Cl3N3O4/c1-2-36-24-12-18(10-19(14-31)27(35)32-15-17-6-4-3-5-7-17)11-23(30)26(24)37-16-25(34)33-20-8-9-21(28)22(29)13-20/h3-13H,2,15-16H2,1H3,(H,32,35)(H,33,34)/b19-10+. The summed E-state index contributed by atoms with van der Waals surface area (Å²) in [5.74, 6) is -0.579. The number of amides is 2. The molecule has 37 heavy (non-hydrogen) atoms. The van der Waals surface area contributed by atoms with E-state index in [1.807, 2.05) is 36.4 Å². The number of nitriles is 1. The number of hydrogen-bond donors (Lipinski definition) is 2. The minimum Gasteiger partial charge on any atom is -0.490 e. The second-order valence-corrected chi connectivity index (χ2v) is 8.79. The molecule has 0 saturated carbocycles. The van der Waals surface area contributed by atoms with Gasteiger partial charge in [-0.25, -0.2) is 0 Å². The quantitative estimate of drug-likeness (QED) is 0.225. The lowest BCUT2D eigenvalue weighted by Gasteiger charge is -2.15. The highest BCUT2D eigenvalue weighted by Crippen LogP contribution is 2.37. The molecule has 2 N–H and O–H groups in total. The number of carbonyl (C=O) groups excluding carboxylic acids is 2. The molecule has 3 rings (SSSR count). The summed E-state index contributed by atoms with van der Waals surface area (Å²) in [5, 5.41) is 15.7. The monoisotopic (exact) mass is 557 g/mol. The molecule has 0 aliphatic rings. The molecular formula is C27H22Cl3N3O4. The molecule has 3 aromatic carbocycles. The number of halogens is 3. The minimum atomic E-state index is -0.528. The van der Waals surface area contributed by atoms with Crippen LogP contribution in [-0.2, 0) is 16.1 Å². The Morgan fingerprint density at radius 2 is 1.73 bits per heavy atom.